The molecule has 1 aliphatic carbocycles. The smallest absolute Gasteiger partial charge is 0.0655 e. The minimum atomic E-state index is 0.909. The summed E-state index contributed by atoms with van der Waals surface area (Å²) in [4.78, 5) is 4.37. The molecule has 1 aromatic carbocycles. The van der Waals surface area contributed by atoms with Gasteiger partial charge in [0.1, 0.15) is 0 Å². The standard InChI is InChI=1S/C22H25N/c1-16(11-12-17(2)22-10-6-7-13-23-22)20-14-18(3)21-9-5-4-8-19(21)15-20/h6-7,10,13-15H,1-2,4-5,8-9,11-12H2,3H3. The molecule has 0 unspecified atom stereocenters. The van der Waals surface area contributed by atoms with Crippen LogP contribution in [-0.4, -0.2) is 4.98 Å². The highest BCUT2D eigenvalue weighted by atomic mass is 14.7. The number of allylic oxidation sites excluding steroid dienone is 2. The number of pyridine rings is 1. The highest BCUT2D eigenvalue weighted by Gasteiger charge is 2.13. The van der Waals surface area contributed by atoms with Crippen LogP contribution in [0.4, 0.5) is 0 Å². The van der Waals surface area contributed by atoms with E-state index in [1.54, 1.807) is 5.56 Å². The first-order valence-electron chi connectivity index (χ1n) is 8.55. The van der Waals surface area contributed by atoms with Crippen molar-refractivity contribution in [3.8, 4) is 0 Å². The highest BCUT2D eigenvalue weighted by Crippen LogP contribution is 2.30. The van der Waals surface area contributed by atoms with Gasteiger partial charge < -0.3 is 0 Å². The summed E-state index contributed by atoms with van der Waals surface area (Å²) in [5.74, 6) is 0. The fourth-order valence-corrected chi connectivity index (χ4v) is 3.44. The largest absolute Gasteiger partial charge is 0.257 e. The zero-order chi connectivity index (χ0) is 16.2. The monoisotopic (exact) mass is 303 g/mol. The summed E-state index contributed by atoms with van der Waals surface area (Å²) in [6.45, 7) is 10.7. The Bertz CT molecular complexity index is 725. The topological polar surface area (TPSA) is 12.9 Å². The lowest BCUT2D eigenvalue weighted by Crippen LogP contribution is -2.05. The van der Waals surface area contributed by atoms with Gasteiger partial charge in [-0.3, -0.25) is 4.98 Å². The molecule has 0 fully saturated rings. The minimum Gasteiger partial charge on any atom is -0.257 e. The third-order valence-corrected chi connectivity index (χ3v) is 4.85. The summed E-state index contributed by atoms with van der Waals surface area (Å²) >= 11 is 0. The Labute approximate surface area is 139 Å². The van der Waals surface area contributed by atoms with Crippen LogP contribution in [-0.2, 0) is 12.8 Å². The molecule has 1 aliphatic rings. The molecule has 0 radical (unpaired) electrons. The van der Waals surface area contributed by atoms with Crippen LogP contribution in [0.1, 0.15) is 53.6 Å². The van der Waals surface area contributed by atoms with Crippen molar-refractivity contribution in [3.63, 3.8) is 0 Å². The molecule has 23 heavy (non-hydrogen) atoms. The van der Waals surface area contributed by atoms with E-state index in [1.165, 1.54) is 47.9 Å². The van der Waals surface area contributed by atoms with Crippen LogP contribution in [0.25, 0.3) is 11.1 Å². The number of hydrogen-bond acceptors (Lipinski definition) is 1. The molecule has 0 aliphatic heterocycles. The van der Waals surface area contributed by atoms with Crippen molar-refractivity contribution in [2.45, 2.75) is 45.4 Å². The summed E-state index contributed by atoms with van der Waals surface area (Å²) in [6, 6.07) is 10.7. The van der Waals surface area contributed by atoms with Crippen molar-refractivity contribution in [1.29, 1.82) is 0 Å². The average molecular weight is 303 g/mol. The molecule has 0 spiro atoms. The van der Waals surface area contributed by atoms with E-state index < -0.39 is 0 Å². The van der Waals surface area contributed by atoms with Crippen LogP contribution >= 0.6 is 0 Å². The lowest BCUT2D eigenvalue weighted by molar-refractivity contribution is 0.681. The van der Waals surface area contributed by atoms with Gasteiger partial charge in [0.2, 0.25) is 0 Å². The van der Waals surface area contributed by atoms with Crippen molar-refractivity contribution in [1.82, 2.24) is 4.98 Å². The van der Waals surface area contributed by atoms with E-state index in [2.05, 4.69) is 37.2 Å². The Kier molecular flexibility index (Phi) is 4.76. The molecule has 1 heterocycles. The number of rotatable bonds is 5. The second-order valence-electron chi connectivity index (χ2n) is 6.56. The van der Waals surface area contributed by atoms with Gasteiger partial charge in [-0.25, -0.2) is 0 Å². The number of nitrogens with zero attached hydrogens (tertiary/aromatic N) is 1. The van der Waals surface area contributed by atoms with Crippen molar-refractivity contribution in [2.75, 3.05) is 0 Å². The number of aryl methyl sites for hydroxylation is 2. The van der Waals surface area contributed by atoms with Crippen LogP contribution in [0.5, 0.6) is 0 Å². The SMILES string of the molecule is C=C(CCC(=C)c1ccccn1)c1cc(C)c2c(c1)CCCC2. The van der Waals surface area contributed by atoms with Gasteiger partial charge in [0, 0.05) is 6.20 Å². The Morgan fingerprint density at radius 3 is 2.61 bits per heavy atom. The van der Waals surface area contributed by atoms with Gasteiger partial charge in [-0.2, -0.15) is 0 Å². The maximum absolute atomic E-state index is 4.37. The molecule has 0 saturated heterocycles. The molecule has 0 N–H and O–H groups in total. The predicted octanol–water partition coefficient (Wildman–Crippen LogP) is 5.78. The van der Waals surface area contributed by atoms with Crippen molar-refractivity contribution in [3.05, 3.63) is 77.6 Å². The van der Waals surface area contributed by atoms with Crippen LogP contribution in [0, 0.1) is 6.92 Å². The first kappa shape index (κ1) is 15.7. The van der Waals surface area contributed by atoms with Gasteiger partial charge >= 0.3 is 0 Å². The number of benzene rings is 1. The lowest BCUT2D eigenvalue weighted by atomic mass is 9.85. The summed E-state index contributed by atoms with van der Waals surface area (Å²) in [7, 11) is 0. The lowest BCUT2D eigenvalue weighted by Gasteiger charge is -2.20. The molecule has 118 valence electrons. The van der Waals surface area contributed by atoms with Gasteiger partial charge in [0.25, 0.3) is 0 Å². The summed E-state index contributed by atoms with van der Waals surface area (Å²) < 4.78 is 0. The predicted molar refractivity (Wildman–Crippen MR) is 99.4 cm³/mol. The first-order chi connectivity index (χ1) is 11.1. The molecule has 0 atom stereocenters. The van der Waals surface area contributed by atoms with Gasteiger partial charge in [-0.15, -0.1) is 0 Å². The van der Waals surface area contributed by atoms with E-state index in [0.717, 1.165) is 24.1 Å². The molecule has 1 heteroatoms. The van der Waals surface area contributed by atoms with E-state index in [9.17, 15) is 0 Å². The molecule has 2 aromatic rings. The van der Waals surface area contributed by atoms with Crippen LogP contribution in [0.15, 0.2) is 49.7 Å². The molecule has 3 rings (SSSR count). The van der Waals surface area contributed by atoms with E-state index in [4.69, 9.17) is 0 Å². The number of fused-ring (bicyclic) bond motifs is 1. The van der Waals surface area contributed by atoms with E-state index >= 15 is 0 Å². The third kappa shape index (κ3) is 3.61. The van der Waals surface area contributed by atoms with Crippen molar-refractivity contribution < 1.29 is 0 Å². The van der Waals surface area contributed by atoms with Gasteiger partial charge in [-0.1, -0.05) is 31.4 Å². The Hall–Kier alpha value is -2.15. The Balaban J connectivity index is 1.69. The van der Waals surface area contributed by atoms with Crippen LogP contribution in [0.3, 0.4) is 0 Å². The minimum absolute atomic E-state index is 0.909. The molecule has 0 amide bonds. The van der Waals surface area contributed by atoms with Gasteiger partial charge in [0.05, 0.1) is 5.69 Å². The van der Waals surface area contributed by atoms with Gasteiger partial charge in [0.15, 0.2) is 0 Å². The summed E-state index contributed by atoms with van der Waals surface area (Å²) in [5, 5.41) is 0. The maximum Gasteiger partial charge on any atom is 0.0655 e. The zero-order valence-corrected chi connectivity index (χ0v) is 14.1. The fourth-order valence-electron chi connectivity index (χ4n) is 3.44. The third-order valence-electron chi connectivity index (χ3n) is 4.85. The Morgan fingerprint density at radius 2 is 1.83 bits per heavy atom. The normalized spacial score (nSPS) is 13.4. The van der Waals surface area contributed by atoms with E-state index in [1.807, 2.05) is 24.4 Å². The van der Waals surface area contributed by atoms with Crippen LogP contribution in [0.2, 0.25) is 0 Å². The molecule has 0 saturated carbocycles. The second kappa shape index (κ2) is 6.95. The molecular weight excluding hydrogens is 278 g/mol. The summed E-state index contributed by atoms with van der Waals surface area (Å²) in [5.41, 5.74) is 9.13. The summed E-state index contributed by atoms with van der Waals surface area (Å²) in [6.07, 6.45) is 8.78. The zero-order valence-electron chi connectivity index (χ0n) is 14.1. The van der Waals surface area contributed by atoms with Crippen molar-refractivity contribution >= 4 is 11.1 Å². The molecule has 0 bridgehead atoms. The second-order valence-corrected chi connectivity index (χ2v) is 6.56. The van der Waals surface area contributed by atoms with Crippen LogP contribution < -0.4 is 0 Å². The van der Waals surface area contributed by atoms with E-state index in [-0.39, 0.29) is 0 Å². The van der Waals surface area contributed by atoms with Crippen molar-refractivity contribution in [2.24, 2.45) is 0 Å². The molecular formula is C22H25N. The Morgan fingerprint density at radius 1 is 1.04 bits per heavy atom. The van der Waals surface area contributed by atoms with E-state index in [0.29, 0.717) is 0 Å². The first-order valence-corrected chi connectivity index (χ1v) is 8.55. The number of hydrogen-bond donors (Lipinski definition) is 0. The molecule has 1 nitrogen and oxygen atoms in total. The molecule has 1 aromatic heterocycles. The maximum atomic E-state index is 4.37. The fraction of sp³-hybridized carbons (Fsp3) is 0.318. The average Bonchev–Trinajstić information content (AvgIpc) is 2.60. The highest BCUT2D eigenvalue weighted by molar-refractivity contribution is 5.69. The number of aromatic nitrogens is 1. The quantitative estimate of drug-likeness (QED) is 0.682. The van der Waals surface area contributed by atoms with Gasteiger partial charge in [-0.05, 0) is 91.0 Å².